The molecule has 1 heterocycles. The summed E-state index contributed by atoms with van der Waals surface area (Å²) < 4.78 is 39.7. The van der Waals surface area contributed by atoms with Crippen molar-refractivity contribution in [3.05, 3.63) is 59.2 Å². The maximum Gasteiger partial charge on any atom is 0.274 e. The third-order valence-corrected chi connectivity index (χ3v) is 2.52. The molecule has 0 aliphatic rings. The van der Waals surface area contributed by atoms with Gasteiger partial charge in [-0.3, -0.25) is 9.59 Å². The molecular formula is C13H8F3N3O2. The number of hydrogen-bond acceptors (Lipinski definition) is 3. The van der Waals surface area contributed by atoms with Crippen molar-refractivity contribution >= 4 is 17.5 Å². The highest BCUT2D eigenvalue weighted by molar-refractivity contribution is 6.03. The number of pyridine rings is 1. The summed E-state index contributed by atoms with van der Waals surface area (Å²) in [5.74, 6) is -5.19. The molecule has 2 aromatic rings. The number of nitrogens with zero attached hydrogens (tertiary/aromatic N) is 1. The molecule has 2 amide bonds. The van der Waals surface area contributed by atoms with Gasteiger partial charge in [-0.15, -0.1) is 0 Å². The first-order valence-electron chi connectivity index (χ1n) is 5.61. The summed E-state index contributed by atoms with van der Waals surface area (Å²) in [6.45, 7) is 0. The van der Waals surface area contributed by atoms with Crippen LogP contribution in [0, 0.1) is 17.6 Å². The lowest BCUT2D eigenvalue weighted by Gasteiger charge is -2.08. The van der Waals surface area contributed by atoms with Crippen molar-refractivity contribution < 1.29 is 22.8 Å². The standard InChI is InChI=1S/C13H8F3N3O2/c14-7-5-8(15)10(4-6(7)12(17)20)19-13(21)9-2-1-3-11(16)18-9/h1-5H,(H2,17,20)(H,19,21). The number of nitrogens with one attached hydrogen (secondary N) is 1. The molecule has 108 valence electrons. The second-order valence-electron chi connectivity index (χ2n) is 3.98. The van der Waals surface area contributed by atoms with Gasteiger partial charge >= 0.3 is 0 Å². The fraction of sp³-hybridized carbons (Fsp3) is 0. The van der Waals surface area contributed by atoms with Crippen molar-refractivity contribution in [2.24, 2.45) is 5.73 Å². The normalized spacial score (nSPS) is 10.2. The minimum absolute atomic E-state index is 0.306. The average Bonchev–Trinajstić information content (AvgIpc) is 2.41. The summed E-state index contributed by atoms with van der Waals surface area (Å²) in [7, 11) is 0. The molecule has 0 radical (unpaired) electrons. The zero-order chi connectivity index (χ0) is 15.6. The maximum atomic E-state index is 13.5. The molecule has 5 nitrogen and oxygen atoms in total. The largest absolute Gasteiger partial charge is 0.366 e. The first-order valence-corrected chi connectivity index (χ1v) is 5.61. The number of rotatable bonds is 3. The van der Waals surface area contributed by atoms with Crippen LogP contribution in [0.3, 0.4) is 0 Å². The number of benzene rings is 1. The molecule has 0 aliphatic heterocycles. The van der Waals surface area contributed by atoms with Gasteiger partial charge in [0.2, 0.25) is 5.95 Å². The quantitative estimate of drug-likeness (QED) is 0.847. The number of nitrogens with two attached hydrogens (primary N) is 1. The number of halogens is 3. The van der Waals surface area contributed by atoms with Crippen LogP contribution in [0.5, 0.6) is 0 Å². The zero-order valence-electron chi connectivity index (χ0n) is 10.4. The predicted molar refractivity (Wildman–Crippen MR) is 67.0 cm³/mol. The van der Waals surface area contributed by atoms with Crippen molar-refractivity contribution in [3.63, 3.8) is 0 Å². The summed E-state index contributed by atoms with van der Waals surface area (Å²) >= 11 is 0. The number of aromatic nitrogens is 1. The van der Waals surface area contributed by atoms with Crippen LogP contribution in [0.4, 0.5) is 18.9 Å². The summed E-state index contributed by atoms with van der Waals surface area (Å²) in [4.78, 5) is 26.0. The highest BCUT2D eigenvalue weighted by Crippen LogP contribution is 2.20. The minimum Gasteiger partial charge on any atom is -0.366 e. The number of amides is 2. The molecule has 0 spiro atoms. The van der Waals surface area contributed by atoms with Gasteiger partial charge in [0.25, 0.3) is 11.8 Å². The van der Waals surface area contributed by atoms with Crippen molar-refractivity contribution in [1.82, 2.24) is 4.98 Å². The molecular weight excluding hydrogens is 287 g/mol. The Labute approximate surface area is 116 Å². The number of primary amides is 1. The van der Waals surface area contributed by atoms with Crippen LogP contribution in [-0.2, 0) is 0 Å². The zero-order valence-corrected chi connectivity index (χ0v) is 10.4. The molecule has 8 heteroatoms. The Hall–Kier alpha value is -2.90. The Kier molecular flexibility index (Phi) is 3.88. The molecule has 0 aliphatic carbocycles. The smallest absolute Gasteiger partial charge is 0.274 e. The minimum atomic E-state index is -1.15. The van der Waals surface area contributed by atoms with Crippen LogP contribution < -0.4 is 11.1 Å². The van der Waals surface area contributed by atoms with E-state index in [2.05, 4.69) is 10.3 Å². The number of carbonyl (C=O) groups excluding carboxylic acids is 2. The van der Waals surface area contributed by atoms with Crippen LogP contribution in [0.2, 0.25) is 0 Å². The van der Waals surface area contributed by atoms with E-state index in [1.165, 1.54) is 12.1 Å². The molecule has 0 unspecified atom stereocenters. The molecule has 0 atom stereocenters. The molecule has 0 saturated carbocycles. The second-order valence-corrected chi connectivity index (χ2v) is 3.98. The van der Waals surface area contributed by atoms with Gasteiger partial charge in [0.05, 0.1) is 11.3 Å². The van der Waals surface area contributed by atoms with E-state index in [1.54, 1.807) is 0 Å². The third-order valence-electron chi connectivity index (χ3n) is 2.52. The predicted octanol–water partition coefficient (Wildman–Crippen LogP) is 1.85. The van der Waals surface area contributed by atoms with Crippen LogP contribution in [0.15, 0.2) is 30.3 Å². The van der Waals surface area contributed by atoms with Crippen LogP contribution >= 0.6 is 0 Å². The van der Waals surface area contributed by atoms with Crippen LogP contribution in [0.1, 0.15) is 20.8 Å². The van der Waals surface area contributed by atoms with E-state index in [4.69, 9.17) is 5.73 Å². The molecule has 2 rings (SSSR count). The van der Waals surface area contributed by atoms with Gasteiger partial charge in [-0.05, 0) is 18.2 Å². The molecule has 0 bridgehead atoms. The van der Waals surface area contributed by atoms with Gasteiger partial charge in [0, 0.05) is 6.07 Å². The highest BCUT2D eigenvalue weighted by Gasteiger charge is 2.16. The topological polar surface area (TPSA) is 85.1 Å². The molecule has 1 aromatic heterocycles. The van der Waals surface area contributed by atoms with Crippen molar-refractivity contribution in [2.45, 2.75) is 0 Å². The van der Waals surface area contributed by atoms with Gasteiger partial charge in [0.1, 0.15) is 17.3 Å². The SMILES string of the molecule is NC(=O)c1cc(NC(=O)c2cccc(F)n2)c(F)cc1F. The Balaban J connectivity index is 2.33. The van der Waals surface area contributed by atoms with E-state index < -0.39 is 40.6 Å². The van der Waals surface area contributed by atoms with Gasteiger partial charge in [-0.1, -0.05) is 6.07 Å². The molecule has 3 N–H and O–H groups in total. The first kappa shape index (κ1) is 14.5. The van der Waals surface area contributed by atoms with E-state index >= 15 is 0 Å². The van der Waals surface area contributed by atoms with E-state index in [9.17, 15) is 22.8 Å². The fourth-order valence-electron chi connectivity index (χ4n) is 1.55. The molecule has 21 heavy (non-hydrogen) atoms. The van der Waals surface area contributed by atoms with E-state index in [-0.39, 0.29) is 5.69 Å². The number of carbonyl (C=O) groups is 2. The Morgan fingerprint density at radius 2 is 1.81 bits per heavy atom. The van der Waals surface area contributed by atoms with Gasteiger partial charge in [-0.25, -0.2) is 13.8 Å². The van der Waals surface area contributed by atoms with Crippen molar-refractivity contribution in [1.29, 1.82) is 0 Å². The Morgan fingerprint density at radius 1 is 1.10 bits per heavy atom. The summed E-state index contributed by atoms with van der Waals surface area (Å²) in [6.07, 6.45) is 0. The maximum absolute atomic E-state index is 13.5. The van der Waals surface area contributed by atoms with E-state index in [0.29, 0.717) is 6.07 Å². The van der Waals surface area contributed by atoms with Gasteiger partial charge < -0.3 is 11.1 Å². The second kappa shape index (κ2) is 5.61. The monoisotopic (exact) mass is 295 g/mol. The van der Waals surface area contributed by atoms with E-state index in [1.807, 2.05) is 0 Å². The van der Waals surface area contributed by atoms with Crippen molar-refractivity contribution in [2.75, 3.05) is 5.32 Å². The summed E-state index contributed by atoms with van der Waals surface area (Å²) in [5.41, 5.74) is 3.56. The van der Waals surface area contributed by atoms with Crippen LogP contribution in [-0.4, -0.2) is 16.8 Å². The van der Waals surface area contributed by atoms with Crippen LogP contribution in [0.25, 0.3) is 0 Å². The van der Waals surface area contributed by atoms with Gasteiger partial charge in [0.15, 0.2) is 0 Å². The lowest BCUT2D eigenvalue weighted by molar-refractivity contribution is 0.0991. The lowest BCUT2D eigenvalue weighted by atomic mass is 10.1. The van der Waals surface area contributed by atoms with Gasteiger partial charge in [-0.2, -0.15) is 4.39 Å². The third kappa shape index (κ3) is 3.16. The molecule has 0 saturated heterocycles. The average molecular weight is 295 g/mol. The molecule has 1 aromatic carbocycles. The number of anilines is 1. The van der Waals surface area contributed by atoms with Crippen molar-refractivity contribution in [3.8, 4) is 0 Å². The summed E-state index contributed by atoms with van der Waals surface area (Å²) in [6, 6.07) is 4.64. The first-order chi connectivity index (χ1) is 9.88. The molecule has 0 fully saturated rings. The summed E-state index contributed by atoms with van der Waals surface area (Å²) in [5, 5.41) is 2.06. The number of hydrogen-bond donors (Lipinski definition) is 2. The highest BCUT2D eigenvalue weighted by atomic mass is 19.1. The lowest BCUT2D eigenvalue weighted by Crippen LogP contribution is -2.18. The van der Waals surface area contributed by atoms with E-state index in [0.717, 1.165) is 12.1 Å². The Morgan fingerprint density at radius 3 is 2.43 bits per heavy atom. The Bertz CT molecular complexity index is 735. The fourth-order valence-corrected chi connectivity index (χ4v) is 1.55.